The summed E-state index contributed by atoms with van der Waals surface area (Å²) in [5, 5.41) is 0. The van der Waals surface area contributed by atoms with Gasteiger partial charge in [-0.3, -0.25) is 0 Å². The molecule has 0 atom stereocenters. The first kappa shape index (κ1) is 14.4. The van der Waals surface area contributed by atoms with Crippen molar-refractivity contribution in [3.63, 3.8) is 0 Å². The molecule has 0 unspecified atom stereocenters. The summed E-state index contributed by atoms with van der Waals surface area (Å²) >= 11 is 3.47. The highest BCUT2D eigenvalue weighted by Gasteiger charge is 2.12. The van der Waals surface area contributed by atoms with Crippen LogP contribution in [-0.2, 0) is 0 Å². The maximum absolute atomic E-state index is 3.47. The van der Waals surface area contributed by atoms with Crippen LogP contribution in [-0.4, -0.2) is 18.1 Å². The zero-order valence-corrected chi connectivity index (χ0v) is 13.3. The maximum Gasteiger partial charge on any atom is 0.0941 e. The lowest BCUT2D eigenvalue weighted by Crippen LogP contribution is -2.25. The van der Waals surface area contributed by atoms with Crippen molar-refractivity contribution in [3.8, 4) is 0 Å². The molecule has 1 aliphatic heterocycles. The molecule has 0 radical (unpaired) electrons. The topological polar surface area (TPSA) is 6.48 Å². The molecule has 2 nitrogen and oxygen atoms in total. The van der Waals surface area contributed by atoms with E-state index < -0.39 is 0 Å². The van der Waals surface area contributed by atoms with Gasteiger partial charge in [0.1, 0.15) is 0 Å². The van der Waals surface area contributed by atoms with Crippen molar-refractivity contribution in [2.24, 2.45) is 0 Å². The van der Waals surface area contributed by atoms with Crippen LogP contribution in [0.3, 0.4) is 0 Å². The van der Waals surface area contributed by atoms with Gasteiger partial charge < -0.3 is 9.80 Å². The van der Waals surface area contributed by atoms with Crippen molar-refractivity contribution in [1.82, 2.24) is 4.90 Å². The highest BCUT2D eigenvalue weighted by Crippen LogP contribution is 2.22. The van der Waals surface area contributed by atoms with Crippen LogP contribution in [0, 0.1) is 0 Å². The summed E-state index contributed by atoms with van der Waals surface area (Å²) in [6.45, 7) is 4.42. The quantitative estimate of drug-likeness (QED) is 0.654. The predicted octanol–water partition coefficient (Wildman–Crippen LogP) is 4.97. The molecular formula is C16H23BrN2. The molecule has 1 aliphatic rings. The first-order chi connectivity index (χ1) is 9.29. The van der Waals surface area contributed by atoms with Gasteiger partial charge in [0.25, 0.3) is 0 Å². The minimum absolute atomic E-state index is 0.982. The Balaban J connectivity index is 1.71. The molecular weight excluding hydrogens is 300 g/mol. The lowest BCUT2D eigenvalue weighted by atomic mass is 10.1. The van der Waals surface area contributed by atoms with E-state index in [1.54, 1.807) is 0 Å². The first-order valence-electron chi connectivity index (χ1n) is 7.24. The van der Waals surface area contributed by atoms with Crippen molar-refractivity contribution in [1.29, 1.82) is 0 Å². The van der Waals surface area contributed by atoms with E-state index in [1.807, 2.05) is 0 Å². The van der Waals surface area contributed by atoms with Crippen LogP contribution in [0.1, 0.15) is 39.0 Å². The fraction of sp³-hybridized carbons (Fsp3) is 0.500. The number of halogens is 1. The van der Waals surface area contributed by atoms with Gasteiger partial charge in [0.2, 0.25) is 0 Å². The maximum atomic E-state index is 3.47. The van der Waals surface area contributed by atoms with E-state index in [1.165, 1.54) is 44.3 Å². The molecule has 1 aromatic rings. The van der Waals surface area contributed by atoms with E-state index in [-0.39, 0.29) is 0 Å². The Bertz CT molecular complexity index is 400. The van der Waals surface area contributed by atoms with Crippen LogP contribution in [0.4, 0.5) is 5.69 Å². The molecule has 0 saturated carbocycles. The van der Waals surface area contributed by atoms with Gasteiger partial charge in [-0.05, 0) is 30.7 Å². The Kier molecular flexibility index (Phi) is 5.77. The third-order valence-corrected chi connectivity index (χ3v) is 4.03. The molecule has 1 aromatic carbocycles. The average molecular weight is 323 g/mol. The van der Waals surface area contributed by atoms with E-state index >= 15 is 0 Å². The molecule has 0 fully saturated rings. The van der Waals surface area contributed by atoms with Gasteiger partial charge in [0.15, 0.2) is 0 Å². The summed E-state index contributed by atoms with van der Waals surface area (Å²) in [5.74, 6) is 0. The minimum Gasteiger partial charge on any atom is -0.358 e. The second kappa shape index (κ2) is 7.59. The third kappa shape index (κ3) is 4.57. The third-order valence-electron chi connectivity index (χ3n) is 3.50. The van der Waals surface area contributed by atoms with Crippen LogP contribution in [0.2, 0.25) is 0 Å². The van der Waals surface area contributed by atoms with Gasteiger partial charge in [0, 0.05) is 29.1 Å². The van der Waals surface area contributed by atoms with E-state index in [4.69, 9.17) is 0 Å². The molecule has 2 rings (SSSR count). The Hall–Kier alpha value is -0.960. The molecule has 0 aliphatic carbocycles. The number of hydrogen-bond donors (Lipinski definition) is 0. The zero-order chi connectivity index (χ0) is 13.5. The standard InChI is InChI=1S/C16H23BrN2/c1-2-3-4-5-6-11-18-12-13-19(14-18)16-9-7-15(17)8-10-16/h7-10,12-13H,2-6,11,14H2,1H3. The Morgan fingerprint density at radius 2 is 1.74 bits per heavy atom. The number of benzene rings is 1. The fourth-order valence-corrected chi connectivity index (χ4v) is 2.59. The highest BCUT2D eigenvalue weighted by atomic mass is 79.9. The Labute approximate surface area is 125 Å². The Morgan fingerprint density at radius 3 is 2.47 bits per heavy atom. The van der Waals surface area contributed by atoms with E-state index in [2.05, 4.69) is 69.3 Å². The van der Waals surface area contributed by atoms with Gasteiger partial charge in [-0.25, -0.2) is 0 Å². The largest absolute Gasteiger partial charge is 0.358 e. The van der Waals surface area contributed by atoms with Gasteiger partial charge in [-0.2, -0.15) is 0 Å². The lowest BCUT2D eigenvalue weighted by Gasteiger charge is -2.21. The van der Waals surface area contributed by atoms with E-state index in [0.29, 0.717) is 0 Å². The molecule has 0 spiro atoms. The molecule has 0 saturated heterocycles. The van der Waals surface area contributed by atoms with E-state index in [0.717, 1.165) is 11.1 Å². The van der Waals surface area contributed by atoms with Crippen molar-refractivity contribution in [2.45, 2.75) is 39.0 Å². The molecule has 1 heterocycles. The average Bonchev–Trinajstić information content (AvgIpc) is 2.88. The summed E-state index contributed by atoms with van der Waals surface area (Å²) in [6, 6.07) is 8.49. The van der Waals surface area contributed by atoms with Gasteiger partial charge in [-0.1, -0.05) is 48.5 Å². The molecule has 0 N–H and O–H groups in total. The lowest BCUT2D eigenvalue weighted by molar-refractivity contribution is 0.389. The smallest absolute Gasteiger partial charge is 0.0941 e. The number of hydrogen-bond acceptors (Lipinski definition) is 2. The second-order valence-electron chi connectivity index (χ2n) is 5.11. The van der Waals surface area contributed by atoms with Crippen LogP contribution >= 0.6 is 15.9 Å². The summed E-state index contributed by atoms with van der Waals surface area (Å²) in [7, 11) is 0. The summed E-state index contributed by atoms with van der Waals surface area (Å²) < 4.78 is 1.13. The summed E-state index contributed by atoms with van der Waals surface area (Å²) in [6.07, 6.45) is 11.1. The monoisotopic (exact) mass is 322 g/mol. The number of unbranched alkanes of at least 4 members (excludes halogenated alkanes) is 4. The highest BCUT2D eigenvalue weighted by molar-refractivity contribution is 9.10. The van der Waals surface area contributed by atoms with Crippen LogP contribution in [0.15, 0.2) is 41.1 Å². The van der Waals surface area contributed by atoms with Gasteiger partial charge in [0.05, 0.1) is 6.67 Å². The molecule has 0 aromatic heterocycles. The van der Waals surface area contributed by atoms with E-state index in [9.17, 15) is 0 Å². The fourth-order valence-electron chi connectivity index (χ4n) is 2.33. The molecule has 19 heavy (non-hydrogen) atoms. The van der Waals surface area contributed by atoms with Crippen LogP contribution in [0.25, 0.3) is 0 Å². The minimum atomic E-state index is 0.982. The van der Waals surface area contributed by atoms with Gasteiger partial charge >= 0.3 is 0 Å². The zero-order valence-electron chi connectivity index (χ0n) is 11.7. The van der Waals surface area contributed by atoms with Crippen molar-refractivity contribution < 1.29 is 0 Å². The number of rotatable bonds is 7. The van der Waals surface area contributed by atoms with Crippen LogP contribution < -0.4 is 4.90 Å². The molecule has 3 heteroatoms. The van der Waals surface area contributed by atoms with Crippen molar-refractivity contribution in [3.05, 3.63) is 41.1 Å². The summed E-state index contributed by atoms with van der Waals surface area (Å²) in [4.78, 5) is 4.69. The van der Waals surface area contributed by atoms with Gasteiger partial charge in [-0.15, -0.1) is 0 Å². The number of nitrogens with zero attached hydrogens (tertiary/aromatic N) is 2. The first-order valence-corrected chi connectivity index (χ1v) is 8.03. The van der Waals surface area contributed by atoms with Crippen molar-refractivity contribution in [2.75, 3.05) is 18.1 Å². The molecule has 0 bridgehead atoms. The molecule has 104 valence electrons. The molecule has 0 amide bonds. The van der Waals surface area contributed by atoms with Crippen molar-refractivity contribution >= 4 is 21.6 Å². The SMILES string of the molecule is CCCCCCCN1C=CN(c2ccc(Br)cc2)C1. The predicted molar refractivity (Wildman–Crippen MR) is 86.1 cm³/mol. The number of anilines is 1. The van der Waals surface area contributed by atoms with Crippen LogP contribution in [0.5, 0.6) is 0 Å². The summed E-state index contributed by atoms with van der Waals surface area (Å²) in [5.41, 5.74) is 1.26. The normalized spacial score (nSPS) is 14.4. The Morgan fingerprint density at radius 1 is 1.00 bits per heavy atom. The second-order valence-corrected chi connectivity index (χ2v) is 6.03.